The van der Waals surface area contributed by atoms with Crippen LogP contribution in [-0.2, 0) is 0 Å². The van der Waals surface area contributed by atoms with E-state index in [-0.39, 0.29) is 17.1 Å². The molecular weight excluding hydrogens is 254 g/mol. The summed E-state index contributed by atoms with van der Waals surface area (Å²) < 4.78 is 6.01. The van der Waals surface area contributed by atoms with E-state index in [2.05, 4.69) is 20.8 Å². The average molecular weight is 277 g/mol. The minimum atomic E-state index is -0.976. The highest BCUT2D eigenvalue weighted by atomic mass is 16.5. The van der Waals surface area contributed by atoms with E-state index < -0.39 is 5.97 Å². The van der Waals surface area contributed by atoms with Crippen molar-refractivity contribution in [1.82, 2.24) is 0 Å². The predicted molar refractivity (Wildman–Crippen MR) is 79.0 cm³/mol. The van der Waals surface area contributed by atoms with Crippen molar-refractivity contribution in [3.8, 4) is 5.75 Å². The maximum Gasteiger partial charge on any atom is 0.335 e. The van der Waals surface area contributed by atoms with Gasteiger partial charge in [-0.2, -0.15) is 0 Å². The van der Waals surface area contributed by atoms with E-state index in [4.69, 9.17) is 15.6 Å². The van der Waals surface area contributed by atoms with E-state index in [9.17, 15) is 4.79 Å². The summed E-state index contributed by atoms with van der Waals surface area (Å²) in [6.07, 6.45) is 3.37. The lowest BCUT2D eigenvalue weighted by molar-refractivity contribution is 0.0567. The second-order valence-electron chi connectivity index (χ2n) is 6.71. The zero-order valence-corrected chi connectivity index (χ0v) is 12.3. The van der Waals surface area contributed by atoms with Crippen LogP contribution in [0.25, 0.3) is 0 Å². The van der Waals surface area contributed by atoms with Gasteiger partial charge in [0.2, 0.25) is 0 Å². The number of hydrogen-bond donors (Lipinski definition) is 2. The molecule has 0 bridgehead atoms. The number of rotatable bonds is 3. The SMILES string of the molecule is CC1CC(Oc2ccc(C(=O)O)cc2N)CC(C)(C)C1. The highest BCUT2D eigenvalue weighted by Crippen LogP contribution is 2.40. The molecule has 0 radical (unpaired) electrons. The van der Waals surface area contributed by atoms with Crippen LogP contribution in [0.1, 0.15) is 50.4 Å². The van der Waals surface area contributed by atoms with Crippen molar-refractivity contribution >= 4 is 11.7 Å². The summed E-state index contributed by atoms with van der Waals surface area (Å²) in [6, 6.07) is 4.64. The van der Waals surface area contributed by atoms with Crippen molar-refractivity contribution in [2.24, 2.45) is 11.3 Å². The van der Waals surface area contributed by atoms with Gasteiger partial charge in [-0.25, -0.2) is 4.79 Å². The second-order valence-corrected chi connectivity index (χ2v) is 6.71. The van der Waals surface area contributed by atoms with Gasteiger partial charge in [-0.15, -0.1) is 0 Å². The van der Waals surface area contributed by atoms with E-state index in [1.54, 1.807) is 6.07 Å². The maximum absolute atomic E-state index is 10.9. The van der Waals surface area contributed by atoms with Crippen LogP contribution in [0, 0.1) is 11.3 Å². The molecule has 1 aliphatic rings. The molecule has 0 spiro atoms. The molecule has 0 amide bonds. The van der Waals surface area contributed by atoms with E-state index in [0.717, 1.165) is 12.8 Å². The lowest BCUT2D eigenvalue weighted by Crippen LogP contribution is -2.34. The Hall–Kier alpha value is -1.71. The molecule has 0 heterocycles. The van der Waals surface area contributed by atoms with Gasteiger partial charge in [-0.1, -0.05) is 20.8 Å². The number of ether oxygens (including phenoxy) is 1. The number of carboxylic acid groups (broad SMARTS) is 1. The molecule has 2 atom stereocenters. The molecule has 0 aliphatic heterocycles. The van der Waals surface area contributed by atoms with Gasteiger partial charge in [-0.3, -0.25) is 0 Å². The Kier molecular flexibility index (Phi) is 3.93. The van der Waals surface area contributed by atoms with Gasteiger partial charge in [0.25, 0.3) is 0 Å². The Morgan fingerprint density at radius 1 is 1.40 bits per heavy atom. The van der Waals surface area contributed by atoms with E-state index in [1.165, 1.54) is 18.6 Å². The largest absolute Gasteiger partial charge is 0.488 e. The number of anilines is 1. The fraction of sp³-hybridized carbons (Fsp3) is 0.562. The molecule has 0 aromatic heterocycles. The first kappa shape index (κ1) is 14.7. The predicted octanol–water partition coefficient (Wildman–Crippen LogP) is 3.56. The van der Waals surface area contributed by atoms with Gasteiger partial charge in [0.05, 0.1) is 17.4 Å². The molecule has 2 rings (SSSR count). The number of carboxylic acids is 1. The summed E-state index contributed by atoms with van der Waals surface area (Å²) in [5.41, 5.74) is 6.74. The van der Waals surface area contributed by atoms with Crippen LogP contribution in [0.15, 0.2) is 18.2 Å². The lowest BCUT2D eigenvalue weighted by atomic mass is 9.71. The molecule has 4 nitrogen and oxygen atoms in total. The van der Waals surface area contributed by atoms with Gasteiger partial charge in [0, 0.05) is 0 Å². The van der Waals surface area contributed by atoms with Gasteiger partial charge in [0.15, 0.2) is 0 Å². The minimum absolute atomic E-state index is 0.145. The molecule has 1 saturated carbocycles. The van der Waals surface area contributed by atoms with Crippen LogP contribution in [0.4, 0.5) is 5.69 Å². The van der Waals surface area contributed by atoms with Crippen LogP contribution < -0.4 is 10.5 Å². The molecule has 0 saturated heterocycles. The number of nitrogen functional groups attached to an aromatic ring is 1. The topological polar surface area (TPSA) is 72.5 Å². The fourth-order valence-corrected chi connectivity index (χ4v) is 3.32. The van der Waals surface area contributed by atoms with Gasteiger partial charge in [0.1, 0.15) is 5.75 Å². The molecule has 4 heteroatoms. The minimum Gasteiger partial charge on any atom is -0.488 e. The molecule has 1 aliphatic carbocycles. The Bertz CT molecular complexity index is 510. The molecule has 1 aromatic rings. The van der Waals surface area contributed by atoms with Crippen LogP contribution >= 0.6 is 0 Å². The number of nitrogens with two attached hydrogens (primary N) is 1. The normalized spacial score (nSPS) is 25.1. The third kappa shape index (κ3) is 3.44. The van der Waals surface area contributed by atoms with Crippen molar-refractivity contribution in [2.45, 2.75) is 46.1 Å². The van der Waals surface area contributed by atoms with E-state index in [0.29, 0.717) is 17.4 Å². The van der Waals surface area contributed by atoms with Crippen molar-refractivity contribution in [3.63, 3.8) is 0 Å². The first-order chi connectivity index (χ1) is 9.27. The van der Waals surface area contributed by atoms with Crippen molar-refractivity contribution < 1.29 is 14.6 Å². The van der Waals surface area contributed by atoms with Crippen LogP contribution in [-0.4, -0.2) is 17.2 Å². The number of aromatic carboxylic acids is 1. The lowest BCUT2D eigenvalue weighted by Gasteiger charge is -2.39. The van der Waals surface area contributed by atoms with Gasteiger partial charge in [-0.05, 0) is 48.8 Å². The first-order valence-electron chi connectivity index (χ1n) is 7.06. The maximum atomic E-state index is 10.9. The summed E-state index contributed by atoms with van der Waals surface area (Å²) in [5, 5.41) is 8.93. The zero-order chi connectivity index (χ0) is 14.9. The standard InChI is InChI=1S/C16H23NO3/c1-10-6-12(9-16(2,3)8-10)20-14-5-4-11(15(18)19)7-13(14)17/h4-5,7,10,12H,6,8-9,17H2,1-3H3,(H,18,19). The monoisotopic (exact) mass is 277 g/mol. The summed E-state index contributed by atoms with van der Waals surface area (Å²) in [4.78, 5) is 10.9. The van der Waals surface area contributed by atoms with Crippen molar-refractivity contribution in [3.05, 3.63) is 23.8 Å². The van der Waals surface area contributed by atoms with E-state index >= 15 is 0 Å². The molecular formula is C16H23NO3. The summed E-state index contributed by atoms with van der Waals surface area (Å²) in [5.74, 6) is 0.240. The van der Waals surface area contributed by atoms with Crippen LogP contribution in [0.2, 0.25) is 0 Å². The summed E-state index contributed by atoms with van der Waals surface area (Å²) >= 11 is 0. The summed E-state index contributed by atoms with van der Waals surface area (Å²) in [6.45, 7) is 6.76. The molecule has 2 unspecified atom stereocenters. The Morgan fingerprint density at radius 2 is 2.10 bits per heavy atom. The fourth-order valence-electron chi connectivity index (χ4n) is 3.32. The number of hydrogen-bond acceptors (Lipinski definition) is 3. The molecule has 110 valence electrons. The quantitative estimate of drug-likeness (QED) is 0.828. The van der Waals surface area contributed by atoms with Crippen molar-refractivity contribution in [1.29, 1.82) is 0 Å². The van der Waals surface area contributed by atoms with Gasteiger partial charge >= 0.3 is 5.97 Å². The highest BCUT2D eigenvalue weighted by molar-refractivity contribution is 5.89. The third-order valence-corrected chi connectivity index (χ3v) is 3.90. The number of carbonyl (C=O) groups is 1. The smallest absolute Gasteiger partial charge is 0.335 e. The average Bonchev–Trinajstić information content (AvgIpc) is 2.28. The molecule has 1 aromatic carbocycles. The van der Waals surface area contributed by atoms with E-state index in [1.807, 2.05) is 0 Å². The highest BCUT2D eigenvalue weighted by Gasteiger charge is 2.33. The Morgan fingerprint density at radius 3 is 2.65 bits per heavy atom. The first-order valence-corrected chi connectivity index (χ1v) is 7.06. The second kappa shape index (κ2) is 5.35. The Labute approximate surface area is 119 Å². The number of benzene rings is 1. The molecule has 3 N–H and O–H groups in total. The van der Waals surface area contributed by atoms with Crippen LogP contribution in [0.3, 0.4) is 0 Å². The van der Waals surface area contributed by atoms with Gasteiger partial charge < -0.3 is 15.6 Å². The van der Waals surface area contributed by atoms with Crippen LogP contribution in [0.5, 0.6) is 5.75 Å². The Balaban J connectivity index is 2.12. The molecule has 20 heavy (non-hydrogen) atoms. The summed E-state index contributed by atoms with van der Waals surface area (Å²) in [7, 11) is 0. The third-order valence-electron chi connectivity index (χ3n) is 3.90. The zero-order valence-electron chi connectivity index (χ0n) is 12.3. The van der Waals surface area contributed by atoms with Crippen molar-refractivity contribution in [2.75, 3.05) is 5.73 Å². The molecule has 1 fully saturated rings.